The van der Waals surface area contributed by atoms with E-state index in [9.17, 15) is 5.11 Å². The smallest absolute Gasteiger partial charge is 0.114 e. The molecule has 1 N–H and O–H groups in total. The summed E-state index contributed by atoms with van der Waals surface area (Å²) < 4.78 is 1.89. The minimum absolute atomic E-state index is 0.535. The zero-order valence-corrected chi connectivity index (χ0v) is 11.5. The van der Waals surface area contributed by atoms with Gasteiger partial charge in [0.2, 0.25) is 0 Å². The SMILES string of the molecule is OC(c1csc(I)c1)c1ccc(Cl)s1. The van der Waals surface area contributed by atoms with Gasteiger partial charge in [-0.3, -0.25) is 0 Å². The molecular weight excluding hydrogens is 351 g/mol. The number of rotatable bonds is 2. The lowest BCUT2D eigenvalue weighted by atomic mass is 10.2. The summed E-state index contributed by atoms with van der Waals surface area (Å²) in [6.45, 7) is 0. The molecule has 0 radical (unpaired) electrons. The molecule has 2 aromatic heterocycles. The molecule has 0 aliphatic carbocycles. The zero-order chi connectivity index (χ0) is 10.1. The molecule has 0 fully saturated rings. The Morgan fingerprint density at radius 3 is 2.71 bits per heavy atom. The van der Waals surface area contributed by atoms with Gasteiger partial charge < -0.3 is 5.11 Å². The van der Waals surface area contributed by atoms with E-state index in [4.69, 9.17) is 11.6 Å². The maximum atomic E-state index is 9.97. The van der Waals surface area contributed by atoms with Crippen LogP contribution in [-0.4, -0.2) is 5.11 Å². The Morgan fingerprint density at radius 1 is 1.43 bits per heavy atom. The van der Waals surface area contributed by atoms with E-state index >= 15 is 0 Å². The van der Waals surface area contributed by atoms with Gasteiger partial charge in [-0.15, -0.1) is 22.7 Å². The molecule has 0 aromatic carbocycles. The van der Waals surface area contributed by atoms with Gasteiger partial charge >= 0.3 is 0 Å². The average Bonchev–Trinajstić information content (AvgIpc) is 2.73. The molecule has 1 nitrogen and oxygen atoms in total. The minimum atomic E-state index is -0.535. The highest BCUT2D eigenvalue weighted by Crippen LogP contribution is 2.32. The molecular formula is C9H6ClIOS2. The number of aliphatic hydroxyl groups excluding tert-OH is 1. The van der Waals surface area contributed by atoms with E-state index in [0.29, 0.717) is 4.34 Å². The van der Waals surface area contributed by atoms with E-state index in [1.54, 1.807) is 11.3 Å². The molecule has 0 saturated heterocycles. The summed E-state index contributed by atoms with van der Waals surface area (Å²) in [5.74, 6) is 0. The lowest BCUT2D eigenvalue weighted by Gasteiger charge is -2.04. The summed E-state index contributed by atoms with van der Waals surface area (Å²) >= 11 is 11.1. The first-order valence-electron chi connectivity index (χ1n) is 3.84. The molecule has 1 unspecified atom stereocenters. The molecule has 0 amide bonds. The third-order valence-corrected chi connectivity index (χ3v) is 4.86. The Bertz CT molecular complexity index is 397. The van der Waals surface area contributed by atoms with Crippen LogP contribution in [0.1, 0.15) is 16.5 Å². The maximum Gasteiger partial charge on any atom is 0.114 e. The summed E-state index contributed by atoms with van der Waals surface area (Å²) in [6, 6.07) is 5.66. The molecule has 74 valence electrons. The van der Waals surface area contributed by atoms with Crippen molar-refractivity contribution in [3.63, 3.8) is 0 Å². The summed E-state index contributed by atoms with van der Waals surface area (Å²) in [7, 11) is 0. The van der Waals surface area contributed by atoms with Gasteiger partial charge in [-0.1, -0.05) is 11.6 Å². The fourth-order valence-electron chi connectivity index (χ4n) is 1.11. The monoisotopic (exact) mass is 356 g/mol. The van der Waals surface area contributed by atoms with Gasteiger partial charge in [0.15, 0.2) is 0 Å². The van der Waals surface area contributed by atoms with Crippen molar-refractivity contribution in [3.8, 4) is 0 Å². The Kier molecular flexibility index (Phi) is 3.49. The Balaban J connectivity index is 2.28. The van der Waals surface area contributed by atoms with E-state index in [1.165, 1.54) is 14.2 Å². The van der Waals surface area contributed by atoms with Gasteiger partial charge in [0.25, 0.3) is 0 Å². The molecule has 0 saturated carbocycles. The average molecular weight is 357 g/mol. The van der Waals surface area contributed by atoms with Crippen molar-refractivity contribution in [2.75, 3.05) is 0 Å². The maximum absolute atomic E-state index is 9.97. The third-order valence-electron chi connectivity index (χ3n) is 1.77. The molecule has 0 spiro atoms. The van der Waals surface area contributed by atoms with Crippen LogP contribution in [0.15, 0.2) is 23.6 Å². The van der Waals surface area contributed by atoms with Crippen LogP contribution < -0.4 is 0 Å². The van der Waals surface area contributed by atoms with Crippen LogP contribution in [-0.2, 0) is 0 Å². The van der Waals surface area contributed by atoms with E-state index in [2.05, 4.69) is 22.6 Å². The van der Waals surface area contributed by atoms with E-state index in [1.807, 2.05) is 23.6 Å². The highest BCUT2D eigenvalue weighted by atomic mass is 127. The van der Waals surface area contributed by atoms with Crippen LogP contribution in [0.25, 0.3) is 0 Å². The summed E-state index contributed by atoms with van der Waals surface area (Å²) in [6.07, 6.45) is -0.535. The largest absolute Gasteiger partial charge is 0.383 e. The Labute approximate surface area is 108 Å². The van der Waals surface area contributed by atoms with Crippen molar-refractivity contribution in [2.24, 2.45) is 0 Å². The van der Waals surface area contributed by atoms with E-state index in [0.717, 1.165) is 10.4 Å². The summed E-state index contributed by atoms with van der Waals surface area (Å²) in [5.41, 5.74) is 0.943. The van der Waals surface area contributed by atoms with Gasteiger partial charge in [0.05, 0.1) is 7.22 Å². The fourth-order valence-corrected chi connectivity index (χ4v) is 3.57. The predicted octanol–water partition coefficient (Wildman–Crippen LogP) is 4.15. The Hall–Kier alpha value is 0.380. The predicted molar refractivity (Wildman–Crippen MR) is 70.4 cm³/mol. The summed E-state index contributed by atoms with van der Waals surface area (Å²) in [5, 5.41) is 11.9. The number of thiophene rings is 2. The van der Waals surface area contributed by atoms with Crippen molar-refractivity contribution >= 4 is 56.9 Å². The lowest BCUT2D eigenvalue weighted by molar-refractivity contribution is 0.224. The number of hydrogen-bond acceptors (Lipinski definition) is 3. The van der Waals surface area contributed by atoms with Crippen molar-refractivity contribution in [3.05, 3.63) is 41.2 Å². The first-order chi connectivity index (χ1) is 6.66. The normalized spacial score (nSPS) is 13.1. The standard InChI is InChI=1S/C9H6ClIOS2/c10-7-2-1-6(14-7)9(12)5-3-8(11)13-4-5/h1-4,9,12H. The lowest BCUT2D eigenvalue weighted by Crippen LogP contribution is -1.93. The molecule has 5 heteroatoms. The quantitative estimate of drug-likeness (QED) is 0.802. The molecule has 1 atom stereocenters. The molecule has 0 aliphatic rings. The third kappa shape index (κ3) is 2.30. The van der Waals surface area contributed by atoms with Gasteiger partial charge in [-0.25, -0.2) is 0 Å². The second kappa shape index (κ2) is 4.49. The topological polar surface area (TPSA) is 20.2 Å². The van der Waals surface area contributed by atoms with Crippen LogP contribution >= 0.6 is 56.9 Å². The van der Waals surface area contributed by atoms with Gasteiger partial charge in [-0.2, -0.15) is 0 Å². The number of hydrogen-bond donors (Lipinski definition) is 1. The first kappa shape index (κ1) is 10.9. The van der Waals surface area contributed by atoms with Crippen molar-refractivity contribution in [1.29, 1.82) is 0 Å². The number of halogens is 2. The highest BCUT2D eigenvalue weighted by Gasteiger charge is 2.13. The van der Waals surface area contributed by atoms with Gasteiger partial charge in [0.1, 0.15) is 6.10 Å². The zero-order valence-electron chi connectivity index (χ0n) is 6.91. The second-order valence-electron chi connectivity index (χ2n) is 2.73. The van der Waals surface area contributed by atoms with Crippen molar-refractivity contribution in [1.82, 2.24) is 0 Å². The Morgan fingerprint density at radius 2 is 2.21 bits per heavy atom. The highest BCUT2D eigenvalue weighted by molar-refractivity contribution is 14.1. The van der Waals surface area contributed by atoms with Crippen LogP contribution in [0.3, 0.4) is 0 Å². The van der Waals surface area contributed by atoms with Gasteiger partial charge in [0, 0.05) is 4.88 Å². The molecule has 2 heterocycles. The van der Waals surface area contributed by atoms with Crippen LogP contribution in [0.2, 0.25) is 4.34 Å². The molecule has 0 bridgehead atoms. The van der Waals surface area contributed by atoms with E-state index in [-0.39, 0.29) is 0 Å². The second-order valence-corrected chi connectivity index (χ2v) is 7.28. The summed E-state index contributed by atoms with van der Waals surface area (Å²) in [4.78, 5) is 0.893. The first-order valence-corrected chi connectivity index (χ1v) is 6.99. The minimum Gasteiger partial charge on any atom is -0.383 e. The fraction of sp³-hybridized carbons (Fsp3) is 0.111. The van der Waals surface area contributed by atoms with Crippen LogP contribution in [0, 0.1) is 2.88 Å². The molecule has 2 rings (SSSR count). The molecule has 14 heavy (non-hydrogen) atoms. The van der Waals surface area contributed by atoms with E-state index < -0.39 is 6.10 Å². The van der Waals surface area contributed by atoms with Crippen molar-refractivity contribution in [2.45, 2.75) is 6.10 Å². The molecule has 0 aliphatic heterocycles. The van der Waals surface area contributed by atoms with Gasteiger partial charge in [-0.05, 0) is 51.7 Å². The van der Waals surface area contributed by atoms with Crippen LogP contribution in [0.5, 0.6) is 0 Å². The number of aliphatic hydroxyl groups is 1. The van der Waals surface area contributed by atoms with Crippen LogP contribution in [0.4, 0.5) is 0 Å². The molecule has 2 aromatic rings. The van der Waals surface area contributed by atoms with Crippen molar-refractivity contribution < 1.29 is 5.11 Å².